The highest BCUT2D eigenvalue weighted by Crippen LogP contribution is 2.16. The smallest absolute Gasteiger partial charge is 0.313 e. The number of ether oxygens (including phenoxy) is 1. The number of hydrogen-bond acceptors (Lipinski definition) is 4. The van der Waals surface area contributed by atoms with Crippen LogP contribution in [0.4, 0.5) is 0 Å². The average molecular weight is 251 g/mol. The molecule has 0 aromatic heterocycles. The summed E-state index contributed by atoms with van der Waals surface area (Å²) in [6.07, 6.45) is -0.854. The summed E-state index contributed by atoms with van der Waals surface area (Å²) in [5.41, 5.74) is 5.82. The normalized spacial score (nSPS) is 14.9. The third-order valence-corrected chi connectivity index (χ3v) is 2.42. The van der Waals surface area contributed by atoms with Crippen molar-refractivity contribution in [3.05, 3.63) is 35.9 Å². The fraction of sp³-hybridized carbons (Fsp3) is 0.500. The van der Waals surface area contributed by atoms with Gasteiger partial charge in [-0.05, 0) is 32.8 Å². The molecule has 0 aliphatic heterocycles. The van der Waals surface area contributed by atoms with E-state index in [-0.39, 0.29) is 0 Å². The van der Waals surface area contributed by atoms with Gasteiger partial charge < -0.3 is 15.6 Å². The molecule has 0 heterocycles. The van der Waals surface area contributed by atoms with Crippen LogP contribution >= 0.6 is 0 Å². The monoisotopic (exact) mass is 251 g/mol. The van der Waals surface area contributed by atoms with Crippen LogP contribution < -0.4 is 5.73 Å². The fourth-order valence-corrected chi connectivity index (χ4v) is 1.59. The molecule has 4 heteroatoms. The van der Waals surface area contributed by atoms with E-state index in [4.69, 9.17) is 10.5 Å². The van der Waals surface area contributed by atoms with Crippen LogP contribution in [0.15, 0.2) is 30.3 Å². The minimum atomic E-state index is -1.22. The SMILES string of the molecule is CC(C)(C)OC(=O)C(Cc1ccccc1)[C@@H](N)O. The van der Waals surface area contributed by atoms with Crippen LogP contribution in [0.25, 0.3) is 0 Å². The Labute approximate surface area is 108 Å². The summed E-state index contributed by atoms with van der Waals surface area (Å²) in [6, 6.07) is 9.43. The zero-order chi connectivity index (χ0) is 13.8. The quantitative estimate of drug-likeness (QED) is 0.628. The van der Waals surface area contributed by atoms with Crippen LogP contribution in [0.5, 0.6) is 0 Å². The van der Waals surface area contributed by atoms with Crippen LogP contribution in [-0.2, 0) is 16.0 Å². The summed E-state index contributed by atoms with van der Waals surface area (Å²) >= 11 is 0. The zero-order valence-electron chi connectivity index (χ0n) is 11.1. The standard InChI is InChI=1S/C14H21NO3/c1-14(2,3)18-13(17)11(12(15)16)9-10-7-5-4-6-8-10/h4-8,11-12,16H,9,15H2,1-3H3/t11?,12-/m0/s1. The molecule has 1 unspecified atom stereocenters. The number of aliphatic hydroxyl groups is 1. The third kappa shape index (κ3) is 4.85. The molecule has 0 amide bonds. The van der Waals surface area contributed by atoms with E-state index in [0.29, 0.717) is 6.42 Å². The Hall–Kier alpha value is -1.39. The van der Waals surface area contributed by atoms with Gasteiger partial charge in [0.15, 0.2) is 0 Å². The molecule has 1 aromatic carbocycles. The highest BCUT2D eigenvalue weighted by Gasteiger charge is 2.29. The van der Waals surface area contributed by atoms with Crippen LogP contribution in [0, 0.1) is 5.92 Å². The first-order valence-corrected chi connectivity index (χ1v) is 6.00. The minimum Gasteiger partial charge on any atom is -0.460 e. The van der Waals surface area contributed by atoms with Crippen LogP contribution in [-0.4, -0.2) is 22.9 Å². The second-order valence-electron chi connectivity index (χ2n) is 5.32. The first kappa shape index (κ1) is 14.7. The number of hydrogen-bond donors (Lipinski definition) is 2. The lowest BCUT2D eigenvalue weighted by atomic mass is 9.97. The second kappa shape index (κ2) is 5.98. The first-order chi connectivity index (χ1) is 8.29. The topological polar surface area (TPSA) is 72.5 Å². The first-order valence-electron chi connectivity index (χ1n) is 6.00. The molecule has 0 bridgehead atoms. The van der Waals surface area contributed by atoms with Crippen LogP contribution in [0.1, 0.15) is 26.3 Å². The lowest BCUT2D eigenvalue weighted by Crippen LogP contribution is -2.40. The molecular formula is C14H21NO3. The van der Waals surface area contributed by atoms with Crippen molar-refractivity contribution in [2.24, 2.45) is 11.7 Å². The third-order valence-electron chi connectivity index (χ3n) is 2.42. The van der Waals surface area contributed by atoms with Crippen molar-refractivity contribution >= 4 is 5.97 Å². The predicted molar refractivity (Wildman–Crippen MR) is 69.7 cm³/mol. The van der Waals surface area contributed by atoms with Crippen LogP contribution in [0.2, 0.25) is 0 Å². The average Bonchev–Trinajstić information content (AvgIpc) is 2.24. The highest BCUT2D eigenvalue weighted by molar-refractivity contribution is 5.73. The Balaban J connectivity index is 2.75. The second-order valence-corrected chi connectivity index (χ2v) is 5.32. The maximum Gasteiger partial charge on any atom is 0.313 e. The van der Waals surface area contributed by atoms with Gasteiger partial charge in [0.05, 0.1) is 5.92 Å². The summed E-state index contributed by atoms with van der Waals surface area (Å²) < 4.78 is 5.25. The Kier molecular flexibility index (Phi) is 4.87. The van der Waals surface area contributed by atoms with Crippen molar-refractivity contribution in [1.29, 1.82) is 0 Å². The molecule has 100 valence electrons. The Morgan fingerprint density at radius 1 is 1.33 bits per heavy atom. The summed E-state index contributed by atoms with van der Waals surface area (Å²) in [6.45, 7) is 5.36. The van der Waals surface area contributed by atoms with E-state index in [9.17, 15) is 9.90 Å². The lowest BCUT2D eigenvalue weighted by molar-refractivity contribution is -0.163. The van der Waals surface area contributed by atoms with E-state index in [0.717, 1.165) is 5.56 Å². The van der Waals surface area contributed by atoms with Crippen molar-refractivity contribution in [2.45, 2.75) is 39.0 Å². The lowest BCUT2D eigenvalue weighted by Gasteiger charge is -2.25. The van der Waals surface area contributed by atoms with E-state index in [2.05, 4.69) is 0 Å². The summed E-state index contributed by atoms with van der Waals surface area (Å²) in [5, 5.41) is 9.52. The van der Waals surface area contributed by atoms with Gasteiger partial charge >= 0.3 is 5.97 Å². The molecule has 0 saturated heterocycles. The summed E-state index contributed by atoms with van der Waals surface area (Å²) in [5.74, 6) is -1.21. The number of carbonyl (C=O) groups is 1. The maximum atomic E-state index is 11.9. The van der Waals surface area contributed by atoms with E-state index >= 15 is 0 Å². The molecule has 18 heavy (non-hydrogen) atoms. The van der Waals surface area contributed by atoms with Gasteiger partial charge in [-0.2, -0.15) is 0 Å². The van der Waals surface area contributed by atoms with Gasteiger partial charge in [0.1, 0.15) is 11.8 Å². The van der Waals surface area contributed by atoms with Gasteiger partial charge in [-0.25, -0.2) is 0 Å². The number of aliphatic hydroxyl groups excluding tert-OH is 1. The van der Waals surface area contributed by atoms with Gasteiger partial charge in [-0.1, -0.05) is 30.3 Å². The van der Waals surface area contributed by atoms with Gasteiger partial charge in [-0.3, -0.25) is 4.79 Å². The number of esters is 1. The van der Waals surface area contributed by atoms with Gasteiger partial charge in [0.25, 0.3) is 0 Å². The predicted octanol–water partition coefficient (Wildman–Crippen LogP) is 1.46. The van der Waals surface area contributed by atoms with E-state index in [1.54, 1.807) is 20.8 Å². The Morgan fingerprint density at radius 3 is 2.33 bits per heavy atom. The van der Waals surface area contributed by atoms with Crippen molar-refractivity contribution < 1.29 is 14.6 Å². The Morgan fingerprint density at radius 2 is 1.89 bits per heavy atom. The number of rotatable bonds is 4. The van der Waals surface area contributed by atoms with E-state index in [1.165, 1.54) is 0 Å². The molecule has 4 nitrogen and oxygen atoms in total. The van der Waals surface area contributed by atoms with E-state index in [1.807, 2.05) is 30.3 Å². The molecule has 0 radical (unpaired) electrons. The van der Waals surface area contributed by atoms with Gasteiger partial charge in [-0.15, -0.1) is 0 Å². The molecule has 2 atom stereocenters. The molecule has 0 aliphatic rings. The van der Waals surface area contributed by atoms with E-state index < -0.39 is 23.7 Å². The fourth-order valence-electron chi connectivity index (χ4n) is 1.59. The molecule has 0 aliphatic carbocycles. The molecule has 1 aromatic rings. The van der Waals surface area contributed by atoms with Crippen molar-refractivity contribution in [2.75, 3.05) is 0 Å². The van der Waals surface area contributed by atoms with Crippen molar-refractivity contribution in [3.8, 4) is 0 Å². The molecule has 1 rings (SSSR count). The minimum absolute atomic E-state index is 0.368. The van der Waals surface area contributed by atoms with Gasteiger partial charge in [0, 0.05) is 0 Å². The zero-order valence-corrected chi connectivity index (χ0v) is 11.1. The molecular weight excluding hydrogens is 230 g/mol. The summed E-state index contributed by atoms with van der Waals surface area (Å²) in [4.78, 5) is 11.9. The molecule has 0 fully saturated rings. The molecule has 0 saturated carbocycles. The number of nitrogens with two attached hydrogens (primary N) is 1. The number of benzene rings is 1. The van der Waals surface area contributed by atoms with Crippen LogP contribution in [0.3, 0.4) is 0 Å². The molecule has 0 spiro atoms. The van der Waals surface area contributed by atoms with Crippen molar-refractivity contribution in [3.63, 3.8) is 0 Å². The van der Waals surface area contributed by atoms with Crippen molar-refractivity contribution in [1.82, 2.24) is 0 Å². The highest BCUT2D eigenvalue weighted by atomic mass is 16.6. The van der Waals surface area contributed by atoms with Gasteiger partial charge in [0.2, 0.25) is 0 Å². The number of carbonyl (C=O) groups excluding carboxylic acids is 1. The largest absolute Gasteiger partial charge is 0.460 e. The maximum absolute atomic E-state index is 11.9. The molecule has 3 N–H and O–H groups in total. The summed E-state index contributed by atoms with van der Waals surface area (Å²) in [7, 11) is 0. The Bertz CT molecular complexity index is 382.